The predicted molar refractivity (Wildman–Crippen MR) is 152 cm³/mol. The smallest absolute Gasteiger partial charge is 0.302 e. The van der Waals surface area contributed by atoms with E-state index in [4.69, 9.17) is 14.2 Å². The Hall–Kier alpha value is -1.40. The number of allylic oxidation sites excluding steroid dienone is 1. The van der Waals surface area contributed by atoms with Crippen molar-refractivity contribution in [3.63, 3.8) is 0 Å². The molecule has 0 amide bonds. The Morgan fingerprint density at radius 3 is 2.17 bits per heavy atom. The molecule has 1 N–H and O–H groups in total. The van der Waals surface area contributed by atoms with Crippen LogP contribution in [0, 0.1) is 50.2 Å². The van der Waals surface area contributed by atoms with Crippen molar-refractivity contribution in [2.24, 2.45) is 50.2 Å². The zero-order chi connectivity index (χ0) is 29.4. The Bertz CT molecular complexity index is 1160. The van der Waals surface area contributed by atoms with Crippen molar-refractivity contribution in [1.29, 1.82) is 0 Å². The molecule has 12 atom stereocenters. The summed E-state index contributed by atoms with van der Waals surface area (Å²) in [6, 6.07) is 0. The highest BCUT2D eigenvalue weighted by Gasteiger charge is 2.79. The second kappa shape index (κ2) is 8.36. The molecular weight excluding hydrogens is 504 g/mol. The molecule has 4 saturated carbocycles. The predicted octanol–water partition coefficient (Wildman–Crippen LogP) is 6.24. The third kappa shape index (κ3) is 3.53. The summed E-state index contributed by atoms with van der Waals surface area (Å²) >= 11 is 0. The van der Waals surface area contributed by atoms with Gasteiger partial charge in [-0.25, -0.2) is 0 Å². The van der Waals surface area contributed by atoms with Crippen LogP contribution >= 0.6 is 0 Å². The maximum absolute atomic E-state index is 12.5. The summed E-state index contributed by atoms with van der Waals surface area (Å²) < 4.78 is 19.0. The molecule has 224 valence electrons. The molecule has 0 spiro atoms. The Morgan fingerprint density at radius 2 is 1.55 bits per heavy atom. The lowest BCUT2D eigenvalue weighted by Crippen LogP contribution is -2.70. The molecule has 0 unspecified atom stereocenters. The number of esters is 2. The average molecular weight is 557 g/mol. The van der Waals surface area contributed by atoms with Crippen LogP contribution in [0.4, 0.5) is 0 Å². The van der Waals surface area contributed by atoms with Crippen molar-refractivity contribution >= 4 is 11.9 Å². The molecular formula is C34H52O6. The molecule has 0 aromatic rings. The molecule has 40 heavy (non-hydrogen) atoms. The van der Waals surface area contributed by atoms with E-state index in [0.717, 1.165) is 32.1 Å². The van der Waals surface area contributed by atoms with Crippen LogP contribution in [0.5, 0.6) is 0 Å². The van der Waals surface area contributed by atoms with E-state index in [2.05, 4.69) is 61.5 Å². The van der Waals surface area contributed by atoms with Gasteiger partial charge in [0.15, 0.2) is 0 Å². The van der Waals surface area contributed by atoms with Gasteiger partial charge in [0.25, 0.3) is 0 Å². The number of rotatable bonds is 2. The van der Waals surface area contributed by atoms with Crippen molar-refractivity contribution in [3.8, 4) is 0 Å². The molecule has 6 rings (SSSR count). The maximum atomic E-state index is 12.5. The van der Waals surface area contributed by atoms with Crippen LogP contribution in [0.2, 0.25) is 0 Å². The first-order valence-corrected chi connectivity index (χ1v) is 15.7. The average Bonchev–Trinajstić information content (AvgIpc) is 3.59. The van der Waals surface area contributed by atoms with Gasteiger partial charge >= 0.3 is 11.9 Å². The topological polar surface area (TPSA) is 85.4 Å². The van der Waals surface area contributed by atoms with Crippen LogP contribution in [-0.4, -0.2) is 47.6 Å². The van der Waals surface area contributed by atoms with Crippen LogP contribution in [0.1, 0.15) is 108 Å². The fourth-order valence-electron chi connectivity index (χ4n) is 11.9. The summed E-state index contributed by atoms with van der Waals surface area (Å²) in [4.78, 5) is 24.7. The van der Waals surface area contributed by atoms with E-state index in [1.165, 1.54) is 13.8 Å². The van der Waals surface area contributed by atoms with Gasteiger partial charge in [-0.2, -0.15) is 0 Å². The third-order valence-corrected chi connectivity index (χ3v) is 13.8. The Kier molecular flexibility index (Phi) is 6.00. The standard InChI is InChI=1S/C34H52O6/c1-18(35)38-24-15-25(39-19(2)36)34(10)20(30(24,5)6)12-14-32(8)21-11-13-31(7)17-23(37)29(3,4)16-22(31)33(21,9)28-26(40-28)27(32)34/h11,20,22-28,37H,12-17H2,1-10H3/t20-,22+,23+,24-,25+,26-,27-,28-,31-,32-,33+,34+/m0/s1. The monoisotopic (exact) mass is 556 g/mol. The number of epoxide rings is 1. The second-order valence-corrected chi connectivity index (χ2v) is 16.9. The first kappa shape index (κ1) is 28.7. The minimum atomic E-state index is -0.343. The first-order chi connectivity index (χ1) is 18.3. The van der Waals surface area contributed by atoms with Gasteiger partial charge in [0, 0.05) is 42.4 Å². The van der Waals surface area contributed by atoms with Crippen molar-refractivity contribution in [3.05, 3.63) is 11.6 Å². The molecule has 1 saturated heterocycles. The highest BCUT2D eigenvalue weighted by atomic mass is 16.6. The Morgan fingerprint density at radius 1 is 0.925 bits per heavy atom. The SMILES string of the molecule is CC(=O)O[C@H]1C[C@@H](OC(C)=O)[C@]2(C)[C@H]3[C@@H]4O[C@@H]4[C@]4(C)C(=CC[C@@]5(C)C[C@@H](O)C(C)(C)C[C@H]54)[C@]3(C)CC[C@H]2C1(C)C. The molecule has 0 radical (unpaired) electrons. The Labute approximate surface area is 241 Å². The van der Waals surface area contributed by atoms with Gasteiger partial charge < -0.3 is 19.3 Å². The molecule has 6 nitrogen and oxygen atoms in total. The highest BCUT2D eigenvalue weighted by molar-refractivity contribution is 5.67. The highest BCUT2D eigenvalue weighted by Crippen LogP contribution is 2.78. The van der Waals surface area contributed by atoms with E-state index in [9.17, 15) is 14.7 Å². The molecule has 5 aliphatic carbocycles. The molecule has 1 heterocycles. The lowest BCUT2D eigenvalue weighted by molar-refractivity contribution is -0.241. The zero-order valence-corrected chi connectivity index (χ0v) is 26.4. The zero-order valence-electron chi connectivity index (χ0n) is 26.4. The third-order valence-electron chi connectivity index (χ3n) is 13.8. The number of carbonyl (C=O) groups is 2. The van der Waals surface area contributed by atoms with Crippen LogP contribution < -0.4 is 0 Å². The van der Waals surface area contributed by atoms with Crippen LogP contribution in [-0.2, 0) is 23.8 Å². The summed E-state index contributed by atoms with van der Waals surface area (Å²) in [5.41, 5.74) is 0.752. The van der Waals surface area contributed by atoms with Crippen LogP contribution in [0.25, 0.3) is 0 Å². The van der Waals surface area contributed by atoms with E-state index in [-0.39, 0.29) is 86.8 Å². The van der Waals surface area contributed by atoms with E-state index < -0.39 is 0 Å². The van der Waals surface area contributed by atoms with E-state index in [1.807, 2.05) is 0 Å². The van der Waals surface area contributed by atoms with Crippen molar-refractivity contribution in [1.82, 2.24) is 0 Å². The summed E-state index contributed by atoms with van der Waals surface area (Å²) in [5.74, 6) is 0.309. The largest absolute Gasteiger partial charge is 0.462 e. The molecule has 0 aromatic heterocycles. The fraction of sp³-hybridized carbons (Fsp3) is 0.882. The fourth-order valence-corrected chi connectivity index (χ4v) is 11.9. The van der Waals surface area contributed by atoms with Gasteiger partial charge in [-0.1, -0.05) is 67.0 Å². The van der Waals surface area contributed by atoms with E-state index >= 15 is 0 Å². The summed E-state index contributed by atoms with van der Waals surface area (Å²) in [5, 5.41) is 11.1. The van der Waals surface area contributed by atoms with Crippen molar-refractivity contribution in [2.75, 3.05) is 0 Å². The number of aliphatic hydroxyl groups excluding tert-OH is 1. The molecule has 6 aliphatic rings. The van der Waals surface area contributed by atoms with Gasteiger partial charge in [0.05, 0.1) is 18.3 Å². The van der Waals surface area contributed by atoms with Gasteiger partial charge in [-0.15, -0.1) is 0 Å². The van der Waals surface area contributed by atoms with E-state index in [1.54, 1.807) is 5.57 Å². The van der Waals surface area contributed by atoms with Gasteiger partial charge in [-0.3, -0.25) is 9.59 Å². The molecule has 1 aliphatic heterocycles. The number of ether oxygens (including phenoxy) is 3. The molecule has 0 aromatic carbocycles. The van der Waals surface area contributed by atoms with Gasteiger partial charge in [0.2, 0.25) is 0 Å². The minimum Gasteiger partial charge on any atom is -0.462 e. The summed E-state index contributed by atoms with van der Waals surface area (Å²) in [6.07, 6.45) is 7.24. The first-order valence-electron chi connectivity index (χ1n) is 15.7. The lowest BCUT2D eigenvalue weighted by Gasteiger charge is -2.70. The minimum absolute atomic E-state index is 0.0539. The van der Waals surface area contributed by atoms with Crippen LogP contribution in [0.15, 0.2) is 11.6 Å². The number of hydrogen-bond donors (Lipinski definition) is 1. The number of carbonyl (C=O) groups excluding carboxylic acids is 2. The second-order valence-electron chi connectivity index (χ2n) is 16.9. The van der Waals surface area contributed by atoms with Crippen molar-refractivity contribution < 1.29 is 28.9 Å². The van der Waals surface area contributed by atoms with E-state index in [0.29, 0.717) is 12.3 Å². The summed E-state index contributed by atoms with van der Waals surface area (Å²) in [6.45, 7) is 21.6. The Balaban J connectivity index is 1.46. The molecule has 6 heteroatoms. The van der Waals surface area contributed by atoms with Crippen LogP contribution in [0.3, 0.4) is 0 Å². The molecule has 0 bridgehead atoms. The van der Waals surface area contributed by atoms with Gasteiger partial charge in [-0.05, 0) is 60.2 Å². The maximum Gasteiger partial charge on any atom is 0.302 e. The number of aliphatic hydroxyl groups is 1. The number of fused-ring (bicyclic) bond motifs is 10. The lowest BCUT2D eigenvalue weighted by atomic mass is 9.34. The quantitative estimate of drug-likeness (QED) is 0.246. The van der Waals surface area contributed by atoms with Crippen molar-refractivity contribution in [2.45, 2.75) is 138 Å². The summed E-state index contributed by atoms with van der Waals surface area (Å²) in [7, 11) is 0. The number of hydrogen-bond acceptors (Lipinski definition) is 6. The molecule has 5 fully saturated rings. The normalized spacial score (nSPS) is 53.3. The van der Waals surface area contributed by atoms with Gasteiger partial charge in [0.1, 0.15) is 12.2 Å².